The highest BCUT2D eigenvalue weighted by Gasteiger charge is 2.24. The molecule has 0 spiro atoms. The van der Waals surface area contributed by atoms with Crippen LogP contribution in [0.25, 0.3) is 0 Å². The summed E-state index contributed by atoms with van der Waals surface area (Å²) >= 11 is 0. The minimum atomic E-state index is -0.0338. The molecule has 0 bridgehead atoms. The van der Waals surface area contributed by atoms with E-state index in [1.165, 1.54) is 0 Å². The molecule has 0 saturated carbocycles. The molecule has 3 heterocycles. The Hall–Kier alpha value is -2.37. The number of furan rings is 1. The number of aromatic nitrogens is 2. The normalized spacial score (nSPS) is 15.3. The van der Waals surface area contributed by atoms with Gasteiger partial charge in [-0.3, -0.25) is 9.78 Å². The summed E-state index contributed by atoms with van der Waals surface area (Å²) in [6.07, 6.45) is 5.89. The predicted molar refractivity (Wildman–Crippen MR) is 78.2 cm³/mol. The van der Waals surface area contributed by atoms with Crippen molar-refractivity contribution in [3.63, 3.8) is 0 Å². The van der Waals surface area contributed by atoms with Crippen molar-refractivity contribution in [2.75, 3.05) is 31.1 Å². The lowest BCUT2D eigenvalue weighted by Gasteiger charge is -2.34. The minimum Gasteiger partial charge on any atom is -0.456 e. The molecule has 1 saturated heterocycles. The summed E-state index contributed by atoms with van der Waals surface area (Å²) in [5.41, 5.74) is 0. The molecule has 0 aliphatic carbocycles. The lowest BCUT2D eigenvalue weighted by Crippen LogP contribution is -2.49. The quantitative estimate of drug-likeness (QED) is 0.857. The molecule has 110 valence electrons. The second kappa shape index (κ2) is 5.95. The first kappa shape index (κ1) is 13.6. The van der Waals surface area contributed by atoms with Crippen molar-refractivity contribution in [3.05, 3.63) is 42.2 Å². The Kier molecular flexibility index (Phi) is 3.85. The monoisotopic (exact) mass is 286 g/mol. The first-order valence-corrected chi connectivity index (χ1v) is 7.17. The molecule has 1 aliphatic heterocycles. The zero-order chi connectivity index (χ0) is 14.7. The van der Waals surface area contributed by atoms with Crippen LogP contribution < -0.4 is 4.90 Å². The van der Waals surface area contributed by atoms with E-state index in [4.69, 9.17) is 4.42 Å². The van der Waals surface area contributed by atoms with Crippen molar-refractivity contribution in [3.8, 4) is 0 Å². The fourth-order valence-electron chi connectivity index (χ4n) is 2.43. The maximum Gasteiger partial charge on any atom is 0.289 e. The number of anilines is 1. The number of hydrogen-bond donors (Lipinski definition) is 0. The number of hydrogen-bond acceptors (Lipinski definition) is 5. The molecule has 0 N–H and O–H groups in total. The van der Waals surface area contributed by atoms with Gasteiger partial charge in [0.15, 0.2) is 5.76 Å². The maximum absolute atomic E-state index is 12.4. The summed E-state index contributed by atoms with van der Waals surface area (Å²) in [4.78, 5) is 24.7. The fourth-order valence-corrected chi connectivity index (χ4v) is 2.43. The van der Waals surface area contributed by atoms with Gasteiger partial charge in [-0.1, -0.05) is 6.92 Å². The van der Waals surface area contributed by atoms with Crippen molar-refractivity contribution in [1.82, 2.24) is 14.9 Å². The lowest BCUT2D eigenvalue weighted by atomic mass is 10.3. The Morgan fingerprint density at radius 3 is 2.67 bits per heavy atom. The molecule has 0 atom stereocenters. The third-order valence-electron chi connectivity index (χ3n) is 3.66. The van der Waals surface area contributed by atoms with E-state index in [0.29, 0.717) is 18.8 Å². The Morgan fingerprint density at radius 1 is 1.24 bits per heavy atom. The van der Waals surface area contributed by atoms with E-state index in [9.17, 15) is 4.79 Å². The molecule has 6 heteroatoms. The van der Waals surface area contributed by atoms with E-state index < -0.39 is 0 Å². The first-order chi connectivity index (χ1) is 10.3. The molecular formula is C15H18N4O2. The van der Waals surface area contributed by atoms with Crippen LogP contribution in [0.3, 0.4) is 0 Å². The van der Waals surface area contributed by atoms with Crippen LogP contribution in [0.4, 0.5) is 5.82 Å². The molecule has 0 aromatic carbocycles. The Labute approximate surface area is 123 Å². The molecule has 2 aromatic heterocycles. The van der Waals surface area contributed by atoms with Crippen molar-refractivity contribution < 1.29 is 9.21 Å². The molecule has 0 radical (unpaired) electrons. The van der Waals surface area contributed by atoms with Gasteiger partial charge in [-0.15, -0.1) is 0 Å². The summed E-state index contributed by atoms with van der Waals surface area (Å²) < 4.78 is 5.53. The van der Waals surface area contributed by atoms with Crippen molar-refractivity contribution in [2.45, 2.75) is 13.3 Å². The average Bonchev–Trinajstić information content (AvgIpc) is 3.04. The Morgan fingerprint density at radius 2 is 2.05 bits per heavy atom. The molecule has 3 rings (SSSR count). The van der Waals surface area contributed by atoms with Crippen LogP contribution in [0, 0.1) is 0 Å². The molecule has 1 amide bonds. The Bertz CT molecular complexity index is 603. The third-order valence-corrected chi connectivity index (χ3v) is 3.66. The van der Waals surface area contributed by atoms with E-state index in [1.807, 2.05) is 17.9 Å². The van der Waals surface area contributed by atoms with E-state index in [1.54, 1.807) is 24.7 Å². The largest absolute Gasteiger partial charge is 0.456 e. The van der Waals surface area contributed by atoms with Gasteiger partial charge in [-0.05, 0) is 12.1 Å². The van der Waals surface area contributed by atoms with Gasteiger partial charge >= 0.3 is 0 Å². The maximum atomic E-state index is 12.4. The van der Waals surface area contributed by atoms with E-state index in [0.717, 1.165) is 31.1 Å². The van der Waals surface area contributed by atoms with Crippen molar-refractivity contribution >= 4 is 11.7 Å². The van der Waals surface area contributed by atoms with E-state index in [-0.39, 0.29) is 5.91 Å². The summed E-state index contributed by atoms with van der Waals surface area (Å²) in [5.74, 6) is 2.10. The smallest absolute Gasteiger partial charge is 0.289 e. The van der Waals surface area contributed by atoms with Crippen LogP contribution in [0.1, 0.15) is 23.2 Å². The molecule has 2 aromatic rings. The minimum absolute atomic E-state index is 0.0338. The average molecular weight is 286 g/mol. The van der Waals surface area contributed by atoms with Gasteiger partial charge in [0.1, 0.15) is 11.6 Å². The van der Waals surface area contributed by atoms with Gasteiger partial charge in [-0.2, -0.15) is 0 Å². The SMILES string of the molecule is CCc1ccc(C(=O)N2CCN(c3cnccn3)CC2)o1. The summed E-state index contributed by atoms with van der Waals surface area (Å²) in [6.45, 7) is 4.85. The zero-order valence-corrected chi connectivity index (χ0v) is 12.0. The number of rotatable bonds is 3. The van der Waals surface area contributed by atoms with Crippen LogP contribution >= 0.6 is 0 Å². The standard InChI is InChI=1S/C15H18N4O2/c1-2-12-3-4-13(21-12)15(20)19-9-7-18(8-10-19)14-11-16-5-6-17-14/h3-6,11H,2,7-10H2,1H3. The molecular weight excluding hydrogens is 268 g/mol. The van der Waals surface area contributed by atoms with Crippen molar-refractivity contribution in [1.29, 1.82) is 0 Å². The van der Waals surface area contributed by atoms with E-state index >= 15 is 0 Å². The molecule has 0 unspecified atom stereocenters. The van der Waals surface area contributed by atoms with Crippen LogP contribution in [-0.2, 0) is 6.42 Å². The highest BCUT2D eigenvalue weighted by molar-refractivity contribution is 5.91. The second-order valence-corrected chi connectivity index (χ2v) is 4.96. The van der Waals surface area contributed by atoms with Gasteiger partial charge in [0, 0.05) is 45.0 Å². The van der Waals surface area contributed by atoms with Crippen molar-refractivity contribution in [2.24, 2.45) is 0 Å². The highest BCUT2D eigenvalue weighted by atomic mass is 16.4. The number of carbonyl (C=O) groups excluding carboxylic acids is 1. The summed E-state index contributed by atoms with van der Waals surface area (Å²) in [5, 5.41) is 0. The molecule has 1 aliphatic rings. The first-order valence-electron chi connectivity index (χ1n) is 7.17. The van der Waals surface area contributed by atoms with Gasteiger partial charge in [0.25, 0.3) is 5.91 Å². The number of carbonyl (C=O) groups is 1. The van der Waals surface area contributed by atoms with Crippen LogP contribution in [0.2, 0.25) is 0 Å². The number of aryl methyl sites for hydroxylation is 1. The molecule has 1 fully saturated rings. The number of nitrogens with zero attached hydrogens (tertiary/aromatic N) is 4. The zero-order valence-electron chi connectivity index (χ0n) is 12.0. The van der Waals surface area contributed by atoms with Crippen LogP contribution in [-0.4, -0.2) is 47.0 Å². The van der Waals surface area contributed by atoms with Gasteiger partial charge in [0.05, 0.1) is 6.20 Å². The summed E-state index contributed by atoms with van der Waals surface area (Å²) in [7, 11) is 0. The third kappa shape index (κ3) is 2.89. The topological polar surface area (TPSA) is 62.5 Å². The van der Waals surface area contributed by atoms with Crippen LogP contribution in [0.5, 0.6) is 0 Å². The summed E-state index contributed by atoms with van der Waals surface area (Å²) in [6, 6.07) is 3.62. The second-order valence-electron chi connectivity index (χ2n) is 4.96. The Balaban J connectivity index is 1.61. The lowest BCUT2D eigenvalue weighted by molar-refractivity contribution is 0.0712. The molecule has 21 heavy (non-hydrogen) atoms. The van der Waals surface area contributed by atoms with E-state index in [2.05, 4.69) is 14.9 Å². The van der Waals surface area contributed by atoms with Crippen LogP contribution in [0.15, 0.2) is 35.1 Å². The van der Waals surface area contributed by atoms with Gasteiger partial charge < -0.3 is 14.2 Å². The van der Waals surface area contributed by atoms with Gasteiger partial charge in [0.2, 0.25) is 0 Å². The van der Waals surface area contributed by atoms with Gasteiger partial charge in [-0.25, -0.2) is 4.98 Å². The molecule has 6 nitrogen and oxygen atoms in total. The fraction of sp³-hybridized carbons (Fsp3) is 0.400. The highest BCUT2D eigenvalue weighted by Crippen LogP contribution is 2.15. The number of amides is 1. The number of piperazine rings is 1. The predicted octanol–water partition coefficient (Wildman–Crippen LogP) is 1.59.